The summed E-state index contributed by atoms with van der Waals surface area (Å²) in [7, 11) is 1.56. The molecule has 1 aromatic heterocycles. The molecule has 152 valence electrons. The average molecular weight is 393 g/mol. The number of nitrogens with zero attached hydrogens (tertiary/aromatic N) is 1. The van der Waals surface area contributed by atoms with Crippen LogP contribution in [0.3, 0.4) is 0 Å². The van der Waals surface area contributed by atoms with Crippen molar-refractivity contribution in [2.75, 3.05) is 7.11 Å². The van der Waals surface area contributed by atoms with Crippen LogP contribution in [0, 0.1) is 5.92 Å². The quantitative estimate of drug-likeness (QED) is 0.561. The molecule has 0 radical (unpaired) electrons. The first-order valence-corrected chi connectivity index (χ1v) is 9.79. The fourth-order valence-corrected chi connectivity index (χ4v) is 3.40. The molecule has 6 nitrogen and oxygen atoms in total. The number of imidazole rings is 1. The molecule has 2 N–H and O–H groups in total. The molecule has 0 aliphatic heterocycles. The molecular weight excluding hydrogens is 366 g/mol. The zero-order valence-corrected chi connectivity index (χ0v) is 17.3. The first kappa shape index (κ1) is 20.6. The van der Waals surface area contributed by atoms with Gasteiger partial charge in [-0.3, -0.25) is 9.59 Å². The van der Waals surface area contributed by atoms with Crippen LogP contribution in [-0.4, -0.2) is 28.8 Å². The molecule has 1 atom stereocenters. The number of hydrogen-bond acceptors (Lipinski definition) is 4. The van der Waals surface area contributed by atoms with Gasteiger partial charge in [0.1, 0.15) is 11.6 Å². The maximum atomic E-state index is 12.8. The Morgan fingerprint density at radius 1 is 1.17 bits per heavy atom. The fraction of sp³-hybridized carbons (Fsp3) is 0.348. The molecule has 6 heteroatoms. The van der Waals surface area contributed by atoms with E-state index in [-0.39, 0.29) is 24.2 Å². The number of rotatable bonds is 8. The molecule has 0 spiro atoms. The SMILES string of the molecule is COc1ccc(C(C)=O)cc1CC(=O)NC(CC(C)C)c1nc2ccccc2[nH]1. The maximum absolute atomic E-state index is 12.8. The fourth-order valence-electron chi connectivity index (χ4n) is 3.40. The summed E-state index contributed by atoms with van der Waals surface area (Å²) in [5.74, 6) is 1.53. The van der Waals surface area contributed by atoms with Gasteiger partial charge in [0.05, 0.1) is 30.6 Å². The zero-order chi connectivity index (χ0) is 21.0. The van der Waals surface area contributed by atoms with Crippen LogP contribution in [-0.2, 0) is 11.2 Å². The van der Waals surface area contributed by atoms with Gasteiger partial charge in [-0.25, -0.2) is 4.98 Å². The molecule has 0 saturated heterocycles. The van der Waals surface area contributed by atoms with E-state index < -0.39 is 0 Å². The second kappa shape index (κ2) is 8.90. The van der Waals surface area contributed by atoms with Crippen LogP contribution in [0.15, 0.2) is 42.5 Å². The molecule has 0 bridgehead atoms. The number of hydrogen-bond donors (Lipinski definition) is 2. The number of carbonyl (C=O) groups is 2. The van der Waals surface area contributed by atoms with E-state index in [1.165, 1.54) is 6.92 Å². The number of ether oxygens (including phenoxy) is 1. The molecule has 0 fully saturated rings. The lowest BCUT2D eigenvalue weighted by Crippen LogP contribution is -2.31. The summed E-state index contributed by atoms with van der Waals surface area (Å²) in [6.07, 6.45) is 0.884. The number of methoxy groups -OCH3 is 1. The van der Waals surface area contributed by atoms with E-state index in [0.717, 1.165) is 23.3 Å². The van der Waals surface area contributed by atoms with Crippen LogP contribution >= 0.6 is 0 Å². The van der Waals surface area contributed by atoms with Gasteiger partial charge >= 0.3 is 0 Å². The summed E-state index contributed by atoms with van der Waals surface area (Å²) in [5.41, 5.74) is 3.07. The van der Waals surface area contributed by atoms with E-state index in [4.69, 9.17) is 4.74 Å². The van der Waals surface area contributed by atoms with Gasteiger partial charge in [0.15, 0.2) is 5.78 Å². The third-order valence-electron chi connectivity index (χ3n) is 4.82. The molecule has 2 aromatic carbocycles. The number of Topliss-reactive ketones (excluding diaryl/α,β-unsaturated/α-hetero) is 1. The molecule has 0 aliphatic rings. The largest absolute Gasteiger partial charge is 0.496 e. The molecule has 3 aromatic rings. The van der Waals surface area contributed by atoms with Crippen molar-refractivity contribution in [3.8, 4) is 5.75 Å². The lowest BCUT2D eigenvalue weighted by Gasteiger charge is -2.19. The Kier molecular flexibility index (Phi) is 6.32. The Bertz CT molecular complexity index is 990. The van der Waals surface area contributed by atoms with Gasteiger partial charge in [-0.1, -0.05) is 26.0 Å². The number of fused-ring (bicyclic) bond motifs is 1. The minimum atomic E-state index is -0.225. The number of amides is 1. The highest BCUT2D eigenvalue weighted by atomic mass is 16.5. The van der Waals surface area contributed by atoms with Gasteiger partial charge in [-0.15, -0.1) is 0 Å². The highest BCUT2D eigenvalue weighted by Gasteiger charge is 2.21. The first-order chi connectivity index (χ1) is 13.9. The topological polar surface area (TPSA) is 84.1 Å². The van der Waals surface area contributed by atoms with Gasteiger partial charge in [-0.05, 0) is 49.6 Å². The third kappa shape index (κ3) is 5.02. The predicted octanol–water partition coefficient (Wildman–Crippen LogP) is 4.22. The summed E-state index contributed by atoms with van der Waals surface area (Å²) in [5, 5.41) is 3.10. The van der Waals surface area contributed by atoms with E-state index in [1.54, 1.807) is 25.3 Å². The van der Waals surface area contributed by atoms with Crippen LogP contribution < -0.4 is 10.1 Å². The average Bonchev–Trinajstić information content (AvgIpc) is 3.11. The lowest BCUT2D eigenvalue weighted by molar-refractivity contribution is -0.121. The van der Waals surface area contributed by atoms with Crippen molar-refractivity contribution in [2.24, 2.45) is 5.92 Å². The summed E-state index contributed by atoms with van der Waals surface area (Å²) < 4.78 is 5.37. The van der Waals surface area contributed by atoms with Crippen molar-refractivity contribution < 1.29 is 14.3 Å². The first-order valence-electron chi connectivity index (χ1n) is 9.79. The van der Waals surface area contributed by atoms with Crippen LogP contribution in [0.1, 0.15) is 55.0 Å². The van der Waals surface area contributed by atoms with Crippen LogP contribution in [0.2, 0.25) is 0 Å². The molecule has 3 rings (SSSR count). The maximum Gasteiger partial charge on any atom is 0.225 e. The Morgan fingerprint density at radius 3 is 2.59 bits per heavy atom. The van der Waals surface area contributed by atoms with E-state index in [2.05, 4.69) is 29.1 Å². The van der Waals surface area contributed by atoms with Gasteiger partial charge in [0.2, 0.25) is 5.91 Å². The number of para-hydroxylation sites is 2. The minimum absolute atomic E-state index is 0.0470. The van der Waals surface area contributed by atoms with E-state index in [9.17, 15) is 9.59 Å². The molecule has 29 heavy (non-hydrogen) atoms. The summed E-state index contributed by atoms with van der Waals surface area (Å²) >= 11 is 0. The van der Waals surface area contributed by atoms with Gasteiger partial charge in [0.25, 0.3) is 0 Å². The number of nitrogens with one attached hydrogen (secondary N) is 2. The smallest absolute Gasteiger partial charge is 0.225 e. The van der Waals surface area contributed by atoms with E-state index in [1.807, 2.05) is 24.3 Å². The zero-order valence-electron chi connectivity index (χ0n) is 17.3. The Labute approximate surface area is 170 Å². The Hall–Kier alpha value is -3.15. The van der Waals surface area contributed by atoms with Crippen LogP contribution in [0.25, 0.3) is 11.0 Å². The molecule has 1 unspecified atom stereocenters. The van der Waals surface area contributed by atoms with Gasteiger partial charge in [0, 0.05) is 11.1 Å². The van der Waals surface area contributed by atoms with Crippen molar-refractivity contribution in [3.05, 3.63) is 59.4 Å². The molecule has 0 saturated carbocycles. The second-order valence-corrected chi connectivity index (χ2v) is 7.65. The van der Waals surface area contributed by atoms with E-state index in [0.29, 0.717) is 22.8 Å². The summed E-state index contributed by atoms with van der Waals surface area (Å²) in [6, 6.07) is 12.7. The third-order valence-corrected chi connectivity index (χ3v) is 4.82. The number of aromatic nitrogens is 2. The van der Waals surface area contributed by atoms with Crippen LogP contribution in [0.5, 0.6) is 5.75 Å². The molecular formula is C23H27N3O3. The number of ketones is 1. The van der Waals surface area contributed by atoms with Crippen molar-refractivity contribution >= 4 is 22.7 Å². The highest BCUT2D eigenvalue weighted by Crippen LogP contribution is 2.24. The van der Waals surface area contributed by atoms with Gasteiger partial charge in [-0.2, -0.15) is 0 Å². The highest BCUT2D eigenvalue weighted by molar-refractivity contribution is 5.94. The molecule has 1 amide bonds. The number of aromatic amines is 1. The number of benzene rings is 2. The second-order valence-electron chi connectivity index (χ2n) is 7.65. The number of carbonyl (C=O) groups excluding carboxylic acids is 2. The lowest BCUT2D eigenvalue weighted by atomic mass is 10.0. The van der Waals surface area contributed by atoms with E-state index >= 15 is 0 Å². The minimum Gasteiger partial charge on any atom is -0.496 e. The summed E-state index contributed by atoms with van der Waals surface area (Å²) in [6.45, 7) is 5.73. The Morgan fingerprint density at radius 2 is 1.93 bits per heavy atom. The monoisotopic (exact) mass is 393 g/mol. The molecule has 1 heterocycles. The standard InChI is InChI=1S/C23H27N3O3/c1-14(2)11-20(23-25-18-7-5-6-8-19(18)26-23)24-22(28)13-17-12-16(15(3)27)9-10-21(17)29-4/h5-10,12,14,20H,11,13H2,1-4H3,(H,24,28)(H,25,26). The Balaban J connectivity index is 1.82. The van der Waals surface area contributed by atoms with Crippen LogP contribution in [0.4, 0.5) is 0 Å². The number of H-pyrrole nitrogens is 1. The van der Waals surface area contributed by atoms with Crippen molar-refractivity contribution in [1.82, 2.24) is 15.3 Å². The van der Waals surface area contributed by atoms with Crippen molar-refractivity contribution in [1.29, 1.82) is 0 Å². The predicted molar refractivity (Wildman–Crippen MR) is 113 cm³/mol. The van der Waals surface area contributed by atoms with Gasteiger partial charge < -0.3 is 15.0 Å². The van der Waals surface area contributed by atoms with Crippen molar-refractivity contribution in [3.63, 3.8) is 0 Å². The molecule has 0 aliphatic carbocycles. The van der Waals surface area contributed by atoms with Crippen molar-refractivity contribution in [2.45, 2.75) is 39.7 Å². The summed E-state index contributed by atoms with van der Waals surface area (Å²) in [4.78, 5) is 32.5. The normalized spacial score (nSPS) is 12.2.